The number of ether oxygens (including phenoxy) is 1. The first-order chi connectivity index (χ1) is 8.50. The van der Waals surface area contributed by atoms with E-state index < -0.39 is 0 Å². The van der Waals surface area contributed by atoms with Crippen molar-refractivity contribution in [3.8, 4) is 0 Å². The van der Waals surface area contributed by atoms with E-state index in [4.69, 9.17) is 27.9 Å². The molecule has 0 saturated heterocycles. The van der Waals surface area contributed by atoms with Crippen molar-refractivity contribution in [3.05, 3.63) is 28.0 Å². The number of pyridine rings is 1. The molecular weight excluding hydrogens is 275 g/mol. The van der Waals surface area contributed by atoms with Gasteiger partial charge in [0.05, 0.1) is 11.1 Å². The lowest BCUT2D eigenvalue weighted by molar-refractivity contribution is 0.0756. The van der Waals surface area contributed by atoms with Gasteiger partial charge >= 0.3 is 0 Å². The largest absolute Gasteiger partial charge is 0.379 e. The molecule has 1 aromatic heterocycles. The number of hydrogen-bond acceptors (Lipinski definition) is 3. The SMILES string of the molecule is CC(C)OCCCNC(=O)c1nc(Cl)ccc1Cl. The highest BCUT2D eigenvalue weighted by atomic mass is 35.5. The summed E-state index contributed by atoms with van der Waals surface area (Å²) in [6, 6.07) is 3.09. The monoisotopic (exact) mass is 290 g/mol. The van der Waals surface area contributed by atoms with E-state index in [2.05, 4.69) is 10.3 Å². The molecule has 0 radical (unpaired) electrons. The van der Waals surface area contributed by atoms with E-state index in [0.717, 1.165) is 6.42 Å². The Balaban J connectivity index is 2.39. The molecule has 0 aliphatic heterocycles. The van der Waals surface area contributed by atoms with Crippen molar-refractivity contribution in [2.45, 2.75) is 26.4 Å². The standard InChI is InChI=1S/C12H16Cl2N2O2/c1-8(2)18-7-3-6-15-12(17)11-9(13)4-5-10(14)16-11/h4-5,8H,3,6-7H2,1-2H3,(H,15,17). The van der Waals surface area contributed by atoms with Gasteiger partial charge in [0, 0.05) is 13.2 Å². The number of nitrogens with zero attached hydrogens (tertiary/aromatic N) is 1. The average Bonchev–Trinajstić information content (AvgIpc) is 2.31. The fraction of sp³-hybridized carbons (Fsp3) is 0.500. The molecule has 0 unspecified atom stereocenters. The van der Waals surface area contributed by atoms with Crippen molar-refractivity contribution >= 4 is 29.1 Å². The summed E-state index contributed by atoms with van der Waals surface area (Å²) in [7, 11) is 0. The van der Waals surface area contributed by atoms with E-state index in [1.165, 1.54) is 6.07 Å². The lowest BCUT2D eigenvalue weighted by atomic mass is 10.3. The van der Waals surface area contributed by atoms with Crippen LogP contribution in [0.1, 0.15) is 30.8 Å². The lowest BCUT2D eigenvalue weighted by Crippen LogP contribution is -2.26. The van der Waals surface area contributed by atoms with Crippen LogP contribution in [0.15, 0.2) is 12.1 Å². The van der Waals surface area contributed by atoms with Crippen molar-refractivity contribution in [3.63, 3.8) is 0 Å². The molecule has 0 atom stereocenters. The normalized spacial score (nSPS) is 10.7. The fourth-order valence-electron chi connectivity index (χ4n) is 1.25. The number of hydrogen-bond donors (Lipinski definition) is 1. The number of carbonyl (C=O) groups is 1. The Bertz CT molecular complexity index is 411. The number of amides is 1. The van der Waals surface area contributed by atoms with Crippen LogP contribution in [0.2, 0.25) is 10.2 Å². The van der Waals surface area contributed by atoms with E-state index in [0.29, 0.717) is 13.2 Å². The van der Waals surface area contributed by atoms with Gasteiger partial charge in [0.2, 0.25) is 0 Å². The zero-order valence-corrected chi connectivity index (χ0v) is 11.9. The van der Waals surface area contributed by atoms with E-state index in [9.17, 15) is 4.79 Å². The second-order valence-electron chi connectivity index (χ2n) is 3.99. The molecule has 100 valence electrons. The maximum atomic E-state index is 11.8. The highest BCUT2D eigenvalue weighted by molar-refractivity contribution is 6.34. The predicted octanol–water partition coefficient (Wildman–Crippen LogP) is 2.93. The number of halogens is 2. The molecule has 0 aliphatic carbocycles. The van der Waals surface area contributed by atoms with Gasteiger partial charge in [-0.1, -0.05) is 23.2 Å². The first kappa shape index (κ1) is 15.2. The smallest absolute Gasteiger partial charge is 0.271 e. The molecule has 18 heavy (non-hydrogen) atoms. The Hall–Kier alpha value is -0.840. The second-order valence-corrected chi connectivity index (χ2v) is 4.79. The summed E-state index contributed by atoms with van der Waals surface area (Å²) in [5.41, 5.74) is 0.147. The zero-order chi connectivity index (χ0) is 13.5. The fourth-order valence-corrected chi connectivity index (χ4v) is 1.59. The van der Waals surface area contributed by atoms with Gasteiger partial charge in [-0.25, -0.2) is 4.98 Å². The quantitative estimate of drug-likeness (QED) is 0.647. The Morgan fingerprint density at radius 2 is 2.17 bits per heavy atom. The summed E-state index contributed by atoms with van der Waals surface area (Å²) in [6.07, 6.45) is 0.937. The summed E-state index contributed by atoms with van der Waals surface area (Å²) in [5, 5.41) is 3.25. The molecule has 1 rings (SSSR count). The Labute approximate surface area is 117 Å². The van der Waals surface area contributed by atoms with Crippen LogP contribution in [0.3, 0.4) is 0 Å². The summed E-state index contributed by atoms with van der Waals surface area (Å²) < 4.78 is 5.36. The van der Waals surface area contributed by atoms with Gasteiger partial charge in [-0.3, -0.25) is 4.79 Å². The Morgan fingerprint density at radius 1 is 1.44 bits per heavy atom. The van der Waals surface area contributed by atoms with Crippen LogP contribution in [0, 0.1) is 0 Å². The van der Waals surface area contributed by atoms with Gasteiger partial charge in [0.15, 0.2) is 0 Å². The molecule has 1 heterocycles. The summed E-state index contributed by atoms with van der Waals surface area (Å²) in [4.78, 5) is 15.6. The Kier molecular flexibility index (Phi) is 6.39. The molecule has 0 fully saturated rings. The third kappa shape index (κ3) is 5.21. The molecule has 0 aromatic carbocycles. The summed E-state index contributed by atoms with van der Waals surface area (Å²) >= 11 is 11.6. The van der Waals surface area contributed by atoms with Gasteiger partial charge in [-0.05, 0) is 32.4 Å². The van der Waals surface area contributed by atoms with Crippen molar-refractivity contribution in [1.82, 2.24) is 10.3 Å². The minimum atomic E-state index is -0.327. The third-order valence-electron chi connectivity index (χ3n) is 2.08. The van der Waals surface area contributed by atoms with E-state index >= 15 is 0 Å². The van der Waals surface area contributed by atoms with Crippen LogP contribution in [-0.2, 0) is 4.74 Å². The van der Waals surface area contributed by atoms with Crippen LogP contribution in [-0.4, -0.2) is 30.1 Å². The van der Waals surface area contributed by atoms with Crippen LogP contribution < -0.4 is 5.32 Å². The van der Waals surface area contributed by atoms with E-state index in [1.54, 1.807) is 6.07 Å². The predicted molar refractivity (Wildman–Crippen MR) is 72.3 cm³/mol. The molecule has 1 aromatic rings. The zero-order valence-electron chi connectivity index (χ0n) is 10.4. The lowest BCUT2D eigenvalue weighted by Gasteiger charge is -2.08. The minimum absolute atomic E-state index is 0.147. The topological polar surface area (TPSA) is 51.2 Å². The van der Waals surface area contributed by atoms with Crippen LogP contribution in [0.4, 0.5) is 0 Å². The van der Waals surface area contributed by atoms with Gasteiger partial charge in [0.25, 0.3) is 5.91 Å². The van der Waals surface area contributed by atoms with Crippen LogP contribution >= 0.6 is 23.2 Å². The van der Waals surface area contributed by atoms with Crippen LogP contribution in [0.5, 0.6) is 0 Å². The van der Waals surface area contributed by atoms with Crippen LogP contribution in [0.25, 0.3) is 0 Å². The van der Waals surface area contributed by atoms with Crippen molar-refractivity contribution < 1.29 is 9.53 Å². The van der Waals surface area contributed by atoms with Gasteiger partial charge < -0.3 is 10.1 Å². The number of nitrogens with one attached hydrogen (secondary N) is 1. The number of carbonyl (C=O) groups excluding carboxylic acids is 1. The molecule has 1 N–H and O–H groups in total. The minimum Gasteiger partial charge on any atom is -0.379 e. The van der Waals surface area contributed by atoms with E-state index in [-0.39, 0.29) is 27.9 Å². The molecule has 0 spiro atoms. The second kappa shape index (κ2) is 7.56. The summed E-state index contributed by atoms with van der Waals surface area (Å²) in [5.74, 6) is -0.327. The molecule has 0 aliphatic rings. The average molecular weight is 291 g/mol. The van der Waals surface area contributed by atoms with Crippen molar-refractivity contribution in [2.75, 3.05) is 13.2 Å². The molecule has 0 saturated carbocycles. The van der Waals surface area contributed by atoms with Gasteiger partial charge in [-0.15, -0.1) is 0 Å². The molecule has 0 bridgehead atoms. The summed E-state index contributed by atoms with van der Waals surface area (Å²) in [6.45, 7) is 5.05. The number of rotatable bonds is 6. The first-order valence-corrected chi connectivity index (χ1v) is 6.48. The number of aromatic nitrogens is 1. The van der Waals surface area contributed by atoms with Crippen molar-refractivity contribution in [1.29, 1.82) is 0 Å². The van der Waals surface area contributed by atoms with Gasteiger partial charge in [0.1, 0.15) is 10.8 Å². The highest BCUT2D eigenvalue weighted by Crippen LogP contribution is 2.16. The molecule has 4 nitrogen and oxygen atoms in total. The van der Waals surface area contributed by atoms with E-state index in [1.807, 2.05) is 13.8 Å². The molecule has 1 amide bonds. The maximum absolute atomic E-state index is 11.8. The molecular formula is C12H16Cl2N2O2. The Morgan fingerprint density at radius 3 is 2.83 bits per heavy atom. The third-order valence-corrected chi connectivity index (χ3v) is 2.60. The van der Waals surface area contributed by atoms with Crippen molar-refractivity contribution in [2.24, 2.45) is 0 Å². The first-order valence-electron chi connectivity index (χ1n) is 5.72. The maximum Gasteiger partial charge on any atom is 0.271 e. The highest BCUT2D eigenvalue weighted by Gasteiger charge is 2.12. The van der Waals surface area contributed by atoms with Gasteiger partial charge in [-0.2, -0.15) is 0 Å². The molecule has 6 heteroatoms.